The molecule has 1 aliphatic rings. The van der Waals surface area contributed by atoms with Crippen LogP contribution in [0.3, 0.4) is 0 Å². The van der Waals surface area contributed by atoms with Crippen LogP contribution in [0.5, 0.6) is 0 Å². The Balaban J connectivity index is 2.48. The van der Waals surface area contributed by atoms with E-state index >= 15 is 0 Å². The van der Waals surface area contributed by atoms with Gasteiger partial charge < -0.3 is 5.21 Å². The molecule has 0 spiro atoms. The third-order valence-electron chi connectivity index (χ3n) is 2.16. The first-order valence-corrected chi connectivity index (χ1v) is 4.38. The Morgan fingerprint density at radius 1 is 1.36 bits per heavy atom. The maximum atomic E-state index is 12.0. The summed E-state index contributed by atoms with van der Waals surface area (Å²) in [7, 11) is 0. The summed E-state index contributed by atoms with van der Waals surface area (Å²) < 4.78 is -1.19. The topological polar surface area (TPSA) is 52.5 Å². The lowest BCUT2D eigenvalue weighted by Crippen LogP contribution is -2.39. The average molecular weight is 190 g/mol. The van der Waals surface area contributed by atoms with E-state index in [2.05, 4.69) is 5.10 Å². The summed E-state index contributed by atoms with van der Waals surface area (Å²) in [4.78, 5) is 11.5. The fraction of sp³-hybridized carbons (Fsp3) is 0.200. The van der Waals surface area contributed by atoms with Gasteiger partial charge in [0.05, 0.1) is 5.71 Å². The average Bonchev–Trinajstić information content (AvgIpc) is 2.43. The molecule has 0 fully saturated rings. The zero-order valence-electron chi connectivity index (χ0n) is 7.80. The van der Waals surface area contributed by atoms with E-state index in [-0.39, 0.29) is 6.42 Å². The van der Waals surface area contributed by atoms with Gasteiger partial charge in [0.2, 0.25) is 0 Å². The largest absolute Gasteiger partial charge is 0.592 e. The first-order chi connectivity index (χ1) is 6.63. The molecule has 0 saturated carbocycles. The van der Waals surface area contributed by atoms with Crippen LogP contribution in [-0.2, 0) is 4.79 Å². The van der Waals surface area contributed by atoms with Crippen molar-refractivity contribution in [1.82, 2.24) is 4.76 Å². The van der Waals surface area contributed by atoms with Gasteiger partial charge in [-0.15, -0.1) is 4.76 Å². The van der Waals surface area contributed by atoms with Crippen molar-refractivity contribution in [2.24, 2.45) is 5.10 Å². The van der Waals surface area contributed by atoms with Gasteiger partial charge in [0, 0.05) is 12.1 Å². The van der Waals surface area contributed by atoms with E-state index in [0.717, 1.165) is 0 Å². The van der Waals surface area contributed by atoms with E-state index in [1.807, 2.05) is 0 Å². The van der Waals surface area contributed by atoms with Crippen molar-refractivity contribution in [2.75, 3.05) is 0 Å². The maximum Gasteiger partial charge on any atom is 0.351 e. The number of carbonyl (C=O) groups is 1. The fourth-order valence-corrected chi connectivity index (χ4v) is 1.49. The molecule has 0 N–H and O–H groups in total. The lowest BCUT2D eigenvalue weighted by Gasteiger charge is -2.28. The van der Waals surface area contributed by atoms with Gasteiger partial charge in [-0.2, -0.15) is 0 Å². The Hall–Kier alpha value is -1.52. The highest BCUT2D eigenvalue weighted by atomic mass is 16.6. The molecule has 4 nitrogen and oxygen atoms in total. The second-order valence-corrected chi connectivity index (χ2v) is 3.32. The Bertz CT molecular complexity index is 400. The molecule has 72 valence electrons. The number of hydrogen-bond acceptors (Lipinski definition) is 3. The molecule has 1 aliphatic heterocycles. The Labute approximate surface area is 81.6 Å². The Kier molecular flexibility index (Phi) is 1.94. The molecule has 2 rings (SSSR count). The van der Waals surface area contributed by atoms with E-state index in [1.165, 1.54) is 0 Å². The van der Waals surface area contributed by atoms with Crippen LogP contribution in [0.2, 0.25) is 0 Å². The van der Waals surface area contributed by atoms with E-state index in [1.54, 1.807) is 37.3 Å². The van der Waals surface area contributed by atoms with Crippen molar-refractivity contribution in [3.05, 3.63) is 35.5 Å². The number of nitrogens with zero attached hydrogens (tertiary/aromatic N) is 2. The molecule has 0 aromatic heterocycles. The predicted molar refractivity (Wildman–Crippen MR) is 54.3 cm³/mol. The third-order valence-corrected chi connectivity index (χ3v) is 2.16. The number of amides is 1. The highest BCUT2D eigenvalue weighted by Gasteiger charge is 2.36. The fourth-order valence-electron chi connectivity index (χ4n) is 1.49. The van der Waals surface area contributed by atoms with Gasteiger partial charge in [-0.05, 0) is 6.92 Å². The summed E-state index contributed by atoms with van der Waals surface area (Å²) in [5.41, 5.74) is 0.961. The van der Waals surface area contributed by atoms with Crippen LogP contribution in [0.1, 0.15) is 13.3 Å². The van der Waals surface area contributed by atoms with Gasteiger partial charge in [0.15, 0.2) is 5.69 Å². The summed E-state index contributed by atoms with van der Waals surface area (Å²) in [5, 5.41) is 15.9. The van der Waals surface area contributed by atoms with Gasteiger partial charge in [0.25, 0.3) is 0 Å². The van der Waals surface area contributed by atoms with Gasteiger partial charge in [-0.25, -0.2) is 4.79 Å². The third kappa shape index (κ3) is 1.25. The number of benzene rings is 1. The molecular formula is C10H10N2O2. The first kappa shape index (κ1) is 9.05. The minimum atomic E-state index is -1.19. The number of quaternary nitrogens is 1. The summed E-state index contributed by atoms with van der Waals surface area (Å²) in [6.45, 7) is 1.69. The van der Waals surface area contributed by atoms with E-state index in [0.29, 0.717) is 11.4 Å². The van der Waals surface area contributed by atoms with E-state index in [9.17, 15) is 10.0 Å². The van der Waals surface area contributed by atoms with Crippen molar-refractivity contribution in [1.29, 1.82) is 0 Å². The second-order valence-electron chi connectivity index (χ2n) is 3.32. The molecule has 0 saturated heterocycles. The van der Waals surface area contributed by atoms with Gasteiger partial charge >= 0.3 is 5.91 Å². The summed E-state index contributed by atoms with van der Waals surface area (Å²) >= 11 is 0. The first-order valence-electron chi connectivity index (χ1n) is 4.38. The molecule has 0 radical (unpaired) electrons. The number of para-hydroxylation sites is 1. The summed E-state index contributed by atoms with van der Waals surface area (Å²) in [5.74, 6) is -0.423. The lowest BCUT2D eigenvalue weighted by molar-refractivity contribution is -0.125. The van der Waals surface area contributed by atoms with Crippen LogP contribution in [0.4, 0.5) is 5.69 Å². The van der Waals surface area contributed by atoms with Crippen LogP contribution in [0.15, 0.2) is 35.4 Å². The smallest absolute Gasteiger partial charge is 0.351 e. The molecule has 14 heavy (non-hydrogen) atoms. The number of hydroxylamine groups is 1. The molecule has 4 heteroatoms. The van der Waals surface area contributed by atoms with Crippen LogP contribution < -0.4 is 4.76 Å². The standard InChI is InChI=1S/C10H10N2O2/c1-8-7-10(13)12(14,11-8)9-5-3-2-4-6-9/h2-6H,7H2,1H3. The Morgan fingerprint density at radius 3 is 2.50 bits per heavy atom. The highest BCUT2D eigenvalue weighted by molar-refractivity contribution is 6.09. The summed E-state index contributed by atoms with van der Waals surface area (Å²) in [6.07, 6.45) is 0.151. The maximum absolute atomic E-state index is 12.0. The number of carbonyl (C=O) groups excluding carboxylic acids is 1. The number of rotatable bonds is 1. The molecule has 1 aromatic rings. The lowest BCUT2D eigenvalue weighted by atomic mass is 10.3. The monoisotopic (exact) mass is 190 g/mol. The van der Waals surface area contributed by atoms with Gasteiger partial charge in [-0.3, -0.25) is 0 Å². The van der Waals surface area contributed by atoms with Gasteiger partial charge in [0.1, 0.15) is 6.42 Å². The minimum absolute atomic E-state index is 0.151. The minimum Gasteiger partial charge on any atom is -0.592 e. The summed E-state index contributed by atoms with van der Waals surface area (Å²) in [6, 6.07) is 8.49. The van der Waals surface area contributed by atoms with E-state index < -0.39 is 10.7 Å². The zero-order valence-corrected chi connectivity index (χ0v) is 7.80. The van der Waals surface area contributed by atoms with Crippen LogP contribution in [-0.4, -0.2) is 11.6 Å². The highest BCUT2D eigenvalue weighted by Crippen LogP contribution is 2.27. The molecular weight excluding hydrogens is 180 g/mol. The van der Waals surface area contributed by atoms with Gasteiger partial charge in [-0.1, -0.05) is 23.3 Å². The second kappa shape index (κ2) is 3.01. The van der Waals surface area contributed by atoms with Crippen molar-refractivity contribution in [3.63, 3.8) is 0 Å². The van der Waals surface area contributed by atoms with Crippen LogP contribution in [0.25, 0.3) is 0 Å². The zero-order chi connectivity index (χ0) is 10.2. The predicted octanol–water partition coefficient (Wildman–Crippen LogP) is 1.80. The van der Waals surface area contributed by atoms with Crippen LogP contribution >= 0.6 is 0 Å². The van der Waals surface area contributed by atoms with Crippen molar-refractivity contribution < 1.29 is 4.79 Å². The van der Waals surface area contributed by atoms with Crippen molar-refractivity contribution >= 4 is 17.3 Å². The van der Waals surface area contributed by atoms with Crippen molar-refractivity contribution in [3.8, 4) is 0 Å². The quantitative estimate of drug-likeness (QED) is 0.500. The van der Waals surface area contributed by atoms with Crippen molar-refractivity contribution in [2.45, 2.75) is 13.3 Å². The SMILES string of the molecule is CC1=N[N+]([O-])(c2ccccc2)C(=O)C1. The Morgan fingerprint density at radius 2 is 2.00 bits per heavy atom. The number of hydrogen-bond donors (Lipinski definition) is 0. The molecule has 1 atom stereocenters. The molecule has 1 heterocycles. The van der Waals surface area contributed by atoms with E-state index in [4.69, 9.17) is 0 Å². The normalized spacial score (nSPS) is 26.4. The molecule has 0 bridgehead atoms. The molecule has 0 aliphatic carbocycles. The molecule has 1 amide bonds. The molecule has 1 unspecified atom stereocenters. The van der Waals surface area contributed by atoms with Crippen LogP contribution in [0, 0.1) is 5.21 Å². The molecule has 1 aromatic carbocycles.